The van der Waals surface area contributed by atoms with Crippen LogP contribution in [-0.4, -0.2) is 13.1 Å². The Hall–Kier alpha value is -0.340. The minimum Gasteiger partial charge on any atom is -0.316 e. The Morgan fingerprint density at radius 1 is 1.23 bits per heavy atom. The molecule has 0 amide bonds. The summed E-state index contributed by atoms with van der Waals surface area (Å²) in [4.78, 5) is 0. The Balaban J connectivity index is 1.87. The Kier molecular flexibility index (Phi) is 1.74. The molecule has 1 nitrogen and oxygen atoms in total. The standard InChI is InChI=1S/C11H12BrN/c12-8-3-1-2-7(4-8)11-9-5-13-6-10(9)11/h1-4,9-11,13H,5-6H2. The van der Waals surface area contributed by atoms with Crippen molar-refractivity contribution in [2.75, 3.05) is 13.1 Å². The minimum absolute atomic E-state index is 0.846. The van der Waals surface area contributed by atoms with Gasteiger partial charge < -0.3 is 5.32 Å². The van der Waals surface area contributed by atoms with Crippen LogP contribution >= 0.6 is 15.9 Å². The lowest BCUT2D eigenvalue weighted by Gasteiger charge is -2.04. The van der Waals surface area contributed by atoms with Gasteiger partial charge in [-0.15, -0.1) is 0 Å². The number of hydrogen-bond acceptors (Lipinski definition) is 1. The molecule has 2 heteroatoms. The predicted molar refractivity (Wildman–Crippen MR) is 56.7 cm³/mol. The summed E-state index contributed by atoms with van der Waals surface area (Å²) in [6, 6.07) is 8.76. The highest BCUT2D eigenvalue weighted by molar-refractivity contribution is 9.10. The topological polar surface area (TPSA) is 12.0 Å². The van der Waals surface area contributed by atoms with Gasteiger partial charge in [0.1, 0.15) is 0 Å². The number of benzene rings is 1. The van der Waals surface area contributed by atoms with E-state index in [1.165, 1.54) is 23.1 Å². The second kappa shape index (κ2) is 2.82. The normalized spacial score (nSPS) is 35.9. The first-order valence-electron chi connectivity index (χ1n) is 4.82. The number of piperidine rings is 1. The molecule has 68 valence electrons. The Bertz CT molecular complexity index is 327. The molecule has 0 aromatic heterocycles. The number of nitrogens with one attached hydrogen (secondary N) is 1. The lowest BCUT2D eigenvalue weighted by Crippen LogP contribution is -2.13. The summed E-state index contributed by atoms with van der Waals surface area (Å²) < 4.78 is 1.21. The molecular weight excluding hydrogens is 226 g/mol. The van der Waals surface area contributed by atoms with Gasteiger partial charge in [0.25, 0.3) is 0 Å². The summed E-state index contributed by atoms with van der Waals surface area (Å²) in [5, 5.41) is 3.42. The number of rotatable bonds is 1. The molecule has 1 aromatic rings. The third-order valence-electron chi connectivity index (χ3n) is 3.33. The summed E-state index contributed by atoms with van der Waals surface area (Å²) in [6.45, 7) is 2.45. The molecule has 0 spiro atoms. The maximum absolute atomic E-state index is 3.52. The zero-order valence-electron chi connectivity index (χ0n) is 7.33. The van der Waals surface area contributed by atoms with Crippen molar-refractivity contribution in [2.24, 2.45) is 11.8 Å². The van der Waals surface area contributed by atoms with Gasteiger partial charge in [-0.1, -0.05) is 28.1 Å². The zero-order chi connectivity index (χ0) is 8.84. The molecule has 1 saturated heterocycles. The fourth-order valence-corrected chi connectivity index (χ4v) is 3.04. The summed E-state index contributed by atoms with van der Waals surface area (Å²) >= 11 is 3.52. The Morgan fingerprint density at radius 3 is 2.69 bits per heavy atom. The molecule has 2 fully saturated rings. The van der Waals surface area contributed by atoms with E-state index in [9.17, 15) is 0 Å². The van der Waals surface area contributed by atoms with E-state index in [1.54, 1.807) is 0 Å². The van der Waals surface area contributed by atoms with E-state index in [0.29, 0.717) is 0 Å². The smallest absolute Gasteiger partial charge is 0.0178 e. The monoisotopic (exact) mass is 237 g/mol. The molecule has 2 unspecified atom stereocenters. The fourth-order valence-electron chi connectivity index (χ4n) is 2.63. The first-order chi connectivity index (χ1) is 6.36. The van der Waals surface area contributed by atoms with Crippen LogP contribution in [0.25, 0.3) is 0 Å². The first kappa shape index (κ1) is 8.01. The van der Waals surface area contributed by atoms with Crippen LogP contribution in [-0.2, 0) is 0 Å². The van der Waals surface area contributed by atoms with Crippen molar-refractivity contribution in [3.05, 3.63) is 34.3 Å². The fraction of sp³-hybridized carbons (Fsp3) is 0.455. The lowest BCUT2D eigenvalue weighted by molar-refractivity contribution is 0.684. The predicted octanol–water partition coefficient (Wildman–Crippen LogP) is 2.38. The molecular formula is C11H12BrN. The molecule has 1 aromatic carbocycles. The van der Waals surface area contributed by atoms with Crippen molar-refractivity contribution in [3.8, 4) is 0 Å². The van der Waals surface area contributed by atoms with Crippen molar-refractivity contribution in [1.82, 2.24) is 5.32 Å². The van der Waals surface area contributed by atoms with Gasteiger partial charge in [-0.25, -0.2) is 0 Å². The number of fused-ring (bicyclic) bond motifs is 1. The molecule has 1 heterocycles. The summed E-state index contributed by atoms with van der Waals surface area (Å²) in [5.41, 5.74) is 1.52. The average molecular weight is 238 g/mol. The molecule has 13 heavy (non-hydrogen) atoms. The molecule has 2 aliphatic rings. The Labute approximate surface area is 86.7 Å². The maximum Gasteiger partial charge on any atom is 0.0178 e. The van der Waals surface area contributed by atoms with Crippen LogP contribution in [0, 0.1) is 11.8 Å². The number of hydrogen-bond donors (Lipinski definition) is 1. The van der Waals surface area contributed by atoms with Gasteiger partial charge in [0, 0.05) is 4.47 Å². The Morgan fingerprint density at radius 2 is 2.00 bits per heavy atom. The second-order valence-electron chi connectivity index (χ2n) is 4.07. The quantitative estimate of drug-likeness (QED) is 0.792. The summed E-state index contributed by atoms with van der Waals surface area (Å²) in [6.07, 6.45) is 0. The van der Waals surface area contributed by atoms with Crippen molar-refractivity contribution < 1.29 is 0 Å². The van der Waals surface area contributed by atoms with Crippen LogP contribution in [0.3, 0.4) is 0 Å². The molecule has 1 saturated carbocycles. The van der Waals surface area contributed by atoms with Crippen molar-refractivity contribution >= 4 is 15.9 Å². The van der Waals surface area contributed by atoms with Gasteiger partial charge in [0.15, 0.2) is 0 Å². The van der Waals surface area contributed by atoms with Gasteiger partial charge in [0.05, 0.1) is 0 Å². The highest BCUT2D eigenvalue weighted by Gasteiger charge is 2.53. The molecule has 1 aliphatic carbocycles. The van der Waals surface area contributed by atoms with Gasteiger partial charge >= 0.3 is 0 Å². The molecule has 1 N–H and O–H groups in total. The van der Waals surface area contributed by atoms with Crippen molar-refractivity contribution in [2.45, 2.75) is 5.92 Å². The average Bonchev–Trinajstić information content (AvgIpc) is 2.61. The van der Waals surface area contributed by atoms with Crippen LogP contribution in [0.15, 0.2) is 28.7 Å². The van der Waals surface area contributed by atoms with Crippen molar-refractivity contribution in [3.63, 3.8) is 0 Å². The number of halogens is 1. The van der Waals surface area contributed by atoms with Crippen LogP contribution in [0.1, 0.15) is 11.5 Å². The molecule has 0 bridgehead atoms. The SMILES string of the molecule is Brc1cccc(C2C3CNCC32)c1. The van der Waals surface area contributed by atoms with Gasteiger partial charge in [-0.05, 0) is 48.5 Å². The second-order valence-corrected chi connectivity index (χ2v) is 4.98. The van der Waals surface area contributed by atoms with Crippen LogP contribution < -0.4 is 5.32 Å². The van der Waals surface area contributed by atoms with Crippen molar-refractivity contribution in [1.29, 1.82) is 0 Å². The third kappa shape index (κ3) is 1.24. The zero-order valence-corrected chi connectivity index (χ0v) is 8.92. The first-order valence-corrected chi connectivity index (χ1v) is 5.62. The maximum atomic E-state index is 3.52. The highest BCUT2D eigenvalue weighted by Crippen LogP contribution is 2.55. The van der Waals surface area contributed by atoms with E-state index in [4.69, 9.17) is 0 Å². The molecule has 2 atom stereocenters. The van der Waals surface area contributed by atoms with Gasteiger partial charge in [-0.2, -0.15) is 0 Å². The molecule has 3 rings (SSSR count). The molecule has 0 radical (unpaired) electrons. The minimum atomic E-state index is 0.846. The van der Waals surface area contributed by atoms with Crippen LogP contribution in [0.5, 0.6) is 0 Å². The molecule has 1 aliphatic heterocycles. The van der Waals surface area contributed by atoms with Crippen LogP contribution in [0.2, 0.25) is 0 Å². The largest absolute Gasteiger partial charge is 0.316 e. The van der Waals surface area contributed by atoms with E-state index in [-0.39, 0.29) is 0 Å². The van der Waals surface area contributed by atoms with E-state index >= 15 is 0 Å². The summed E-state index contributed by atoms with van der Waals surface area (Å²) in [7, 11) is 0. The summed E-state index contributed by atoms with van der Waals surface area (Å²) in [5.74, 6) is 2.70. The highest BCUT2D eigenvalue weighted by atomic mass is 79.9. The van der Waals surface area contributed by atoms with E-state index in [0.717, 1.165) is 17.8 Å². The third-order valence-corrected chi connectivity index (χ3v) is 3.82. The van der Waals surface area contributed by atoms with Crippen LogP contribution in [0.4, 0.5) is 0 Å². The van der Waals surface area contributed by atoms with Gasteiger partial charge in [-0.3, -0.25) is 0 Å². The van der Waals surface area contributed by atoms with E-state index in [2.05, 4.69) is 45.5 Å². The lowest BCUT2D eigenvalue weighted by atomic mass is 10.1. The van der Waals surface area contributed by atoms with E-state index in [1.807, 2.05) is 0 Å². The van der Waals surface area contributed by atoms with Gasteiger partial charge in [0.2, 0.25) is 0 Å². The van der Waals surface area contributed by atoms with E-state index < -0.39 is 0 Å².